The largest absolute Gasteiger partial charge is 0.309 e. The topological polar surface area (TPSA) is 9.86 Å². The van der Waals surface area contributed by atoms with Crippen molar-refractivity contribution in [3.8, 4) is 44.8 Å². The Balaban J connectivity index is 1.05. The highest BCUT2D eigenvalue weighted by molar-refractivity contribution is 6.23. The molecule has 2 heteroatoms. The van der Waals surface area contributed by atoms with E-state index in [2.05, 4.69) is 264 Å². The number of fused-ring (bicyclic) bond motifs is 12. The van der Waals surface area contributed by atoms with Gasteiger partial charge in [0.2, 0.25) is 0 Å². The Hall–Kier alpha value is -9.24. The van der Waals surface area contributed by atoms with Gasteiger partial charge in [-0.2, -0.15) is 0 Å². The Morgan fingerprint density at radius 1 is 0.200 bits per heavy atom. The van der Waals surface area contributed by atoms with Gasteiger partial charge < -0.3 is 9.13 Å². The fraction of sp³-hybridized carbons (Fsp3) is 0. The van der Waals surface area contributed by atoms with E-state index in [4.69, 9.17) is 0 Å². The normalized spacial score (nSPS) is 12.0. The maximum Gasteiger partial charge on any atom is 0.0541 e. The first-order valence-corrected chi connectivity index (χ1v) is 24.2. The zero-order valence-corrected chi connectivity index (χ0v) is 38.1. The first kappa shape index (κ1) is 38.8. The Bertz CT molecular complexity index is 4540. The molecule has 0 unspecified atom stereocenters. The summed E-state index contributed by atoms with van der Waals surface area (Å²) >= 11 is 0. The van der Waals surface area contributed by atoms with E-state index in [1.165, 1.54) is 131 Å². The van der Waals surface area contributed by atoms with Crippen LogP contribution in [0.25, 0.3) is 142 Å². The summed E-state index contributed by atoms with van der Waals surface area (Å²) in [6, 6.07) is 94.7. The van der Waals surface area contributed by atoms with Gasteiger partial charge in [0.25, 0.3) is 0 Å². The minimum Gasteiger partial charge on any atom is -0.309 e. The van der Waals surface area contributed by atoms with E-state index in [1.807, 2.05) is 0 Å². The molecule has 2 aromatic heterocycles. The highest BCUT2D eigenvalue weighted by Crippen LogP contribution is 2.47. The molecule has 0 radical (unpaired) electrons. The van der Waals surface area contributed by atoms with Crippen LogP contribution >= 0.6 is 0 Å². The number of benzene rings is 13. The van der Waals surface area contributed by atoms with Crippen LogP contribution in [-0.2, 0) is 0 Å². The molecular formula is C68H42N2. The van der Waals surface area contributed by atoms with E-state index in [0.29, 0.717) is 0 Å². The van der Waals surface area contributed by atoms with Crippen LogP contribution in [-0.4, -0.2) is 9.13 Å². The van der Waals surface area contributed by atoms with Crippen LogP contribution < -0.4 is 0 Å². The van der Waals surface area contributed by atoms with Gasteiger partial charge in [0.15, 0.2) is 0 Å². The quantitative estimate of drug-likeness (QED) is 0.120. The fourth-order valence-electron chi connectivity index (χ4n) is 12.0. The third-order valence-corrected chi connectivity index (χ3v) is 15.1. The zero-order chi connectivity index (χ0) is 45.9. The molecule has 0 saturated heterocycles. The van der Waals surface area contributed by atoms with Crippen molar-refractivity contribution in [3.05, 3.63) is 255 Å². The van der Waals surface area contributed by atoms with E-state index in [9.17, 15) is 0 Å². The van der Waals surface area contributed by atoms with Gasteiger partial charge in [-0.3, -0.25) is 0 Å². The summed E-state index contributed by atoms with van der Waals surface area (Å²) in [5.41, 5.74) is 14.3. The summed E-state index contributed by atoms with van der Waals surface area (Å²) in [5, 5.41) is 17.4. The van der Waals surface area contributed by atoms with Crippen molar-refractivity contribution in [1.29, 1.82) is 0 Å². The van der Waals surface area contributed by atoms with Gasteiger partial charge in [0.1, 0.15) is 0 Å². The predicted octanol–water partition coefficient (Wildman–Crippen LogP) is 18.6. The lowest BCUT2D eigenvalue weighted by Gasteiger charge is -2.21. The lowest BCUT2D eigenvalue weighted by molar-refractivity contribution is 1.18. The molecule has 0 fully saturated rings. The van der Waals surface area contributed by atoms with Gasteiger partial charge >= 0.3 is 0 Å². The summed E-state index contributed by atoms with van der Waals surface area (Å²) in [7, 11) is 0. The van der Waals surface area contributed by atoms with Crippen LogP contribution in [0.1, 0.15) is 0 Å². The van der Waals surface area contributed by atoms with Crippen LogP contribution in [0.4, 0.5) is 0 Å². The average Bonchev–Trinajstić information content (AvgIpc) is 3.95. The Labute approximate surface area is 404 Å². The molecule has 15 aromatic rings. The van der Waals surface area contributed by atoms with Crippen molar-refractivity contribution in [2.45, 2.75) is 0 Å². The summed E-state index contributed by atoms with van der Waals surface area (Å²) in [6.07, 6.45) is 0. The molecule has 0 aliphatic rings. The third-order valence-electron chi connectivity index (χ3n) is 15.1. The van der Waals surface area contributed by atoms with Gasteiger partial charge in [-0.15, -0.1) is 0 Å². The number of para-hydroxylation sites is 4. The standard InChI is InChI=1S/C68H42N2/c1-2-16-46-39-48(34-29-43(46)15-1)68-59-38-36-49(69-63-25-11-7-21-54(63)55-22-8-12-26-64(55)69)41-61(59)67(45-32-30-44(31-33-45)60-40-47-17-3-4-18-51(47)52-19-5-6-20-53(52)60)58-37-35-50(42-62(58)68)70-65-27-13-9-23-56(65)57-24-10-14-28-66(57)70/h1-42H. The molecule has 0 saturated carbocycles. The number of hydrogen-bond donors (Lipinski definition) is 0. The molecule has 324 valence electrons. The number of nitrogens with zero attached hydrogens (tertiary/aromatic N) is 2. The zero-order valence-electron chi connectivity index (χ0n) is 38.1. The Morgan fingerprint density at radius 2 is 0.600 bits per heavy atom. The SMILES string of the molecule is c1ccc2cc(-c3c4ccc(-n5c6ccccc6c6ccccc65)cc4c(-c4ccc(-c5cc6ccccc6c6ccccc56)cc4)c4ccc(-n5c6ccccc6c6ccccc65)cc34)ccc2c1. The monoisotopic (exact) mass is 886 g/mol. The maximum atomic E-state index is 2.46. The lowest BCUT2D eigenvalue weighted by Crippen LogP contribution is -1.98. The highest BCUT2D eigenvalue weighted by atomic mass is 15.0. The molecule has 0 amide bonds. The maximum absolute atomic E-state index is 2.46. The molecule has 0 atom stereocenters. The Morgan fingerprint density at radius 3 is 1.14 bits per heavy atom. The van der Waals surface area contributed by atoms with Gasteiger partial charge in [0.05, 0.1) is 22.1 Å². The smallest absolute Gasteiger partial charge is 0.0541 e. The van der Waals surface area contributed by atoms with Crippen molar-refractivity contribution in [2.75, 3.05) is 0 Å². The van der Waals surface area contributed by atoms with Crippen molar-refractivity contribution in [3.63, 3.8) is 0 Å². The van der Waals surface area contributed by atoms with E-state index in [-0.39, 0.29) is 0 Å². The minimum absolute atomic E-state index is 1.14. The predicted molar refractivity (Wildman–Crippen MR) is 299 cm³/mol. The van der Waals surface area contributed by atoms with Crippen molar-refractivity contribution in [2.24, 2.45) is 0 Å². The van der Waals surface area contributed by atoms with Crippen LogP contribution in [0.15, 0.2) is 255 Å². The van der Waals surface area contributed by atoms with Crippen molar-refractivity contribution >= 4 is 97.5 Å². The van der Waals surface area contributed by atoms with Crippen LogP contribution in [0, 0.1) is 0 Å². The molecule has 2 nitrogen and oxygen atoms in total. The molecule has 15 rings (SSSR count). The van der Waals surface area contributed by atoms with Crippen molar-refractivity contribution < 1.29 is 0 Å². The number of rotatable bonds is 5. The first-order valence-electron chi connectivity index (χ1n) is 24.2. The average molecular weight is 887 g/mol. The van der Waals surface area contributed by atoms with Gasteiger partial charge in [0, 0.05) is 32.9 Å². The van der Waals surface area contributed by atoms with Crippen molar-refractivity contribution in [1.82, 2.24) is 9.13 Å². The van der Waals surface area contributed by atoms with Crippen LogP contribution in [0.2, 0.25) is 0 Å². The Kier molecular flexibility index (Phi) is 8.39. The van der Waals surface area contributed by atoms with Crippen LogP contribution in [0.3, 0.4) is 0 Å². The molecule has 2 heterocycles. The molecule has 13 aromatic carbocycles. The van der Waals surface area contributed by atoms with Gasteiger partial charge in [-0.1, -0.05) is 194 Å². The first-order chi connectivity index (χ1) is 34.7. The molecular weight excluding hydrogens is 845 g/mol. The van der Waals surface area contributed by atoms with E-state index in [1.54, 1.807) is 0 Å². The van der Waals surface area contributed by atoms with Gasteiger partial charge in [-0.25, -0.2) is 0 Å². The fourth-order valence-corrected chi connectivity index (χ4v) is 12.0. The second-order valence-electron chi connectivity index (χ2n) is 18.8. The van der Waals surface area contributed by atoms with E-state index in [0.717, 1.165) is 11.4 Å². The number of aromatic nitrogens is 2. The molecule has 0 spiro atoms. The number of hydrogen-bond acceptors (Lipinski definition) is 0. The van der Waals surface area contributed by atoms with E-state index < -0.39 is 0 Å². The minimum atomic E-state index is 1.14. The summed E-state index contributed by atoms with van der Waals surface area (Å²) in [5.74, 6) is 0. The molecule has 0 aliphatic carbocycles. The summed E-state index contributed by atoms with van der Waals surface area (Å²) in [4.78, 5) is 0. The third kappa shape index (κ3) is 5.74. The second-order valence-corrected chi connectivity index (χ2v) is 18.8. The summed E-state index contributed by atoms with van der Waals surface area (Å²) < 4.78 is 4.90. The molecule has 0 N–H and O–H groups in total. The molecule has 0 bridgehead atoms. The van der Waals surface area contributed by atoms with Crippen LogP contribution in [0.5, 0.6) is 0 Å². The van der Waals surface area contributed by atoms with Gasteiger partial charge in [-0.05, 0) is 148 Å². The molecule has 70 heavy (non-hydrogen) atoms. The highest BCUT2D eigenvalue weighted by Gasteiger charge is 2.22. The van der Waals surface area contributed by atoms with E-state index >= 15 is 0 Å². The lowest BCUT2D eigenvalue weighted by atomic mass is 9.84. The summed E-state index contributed by atoms with van der Waals surface area (Å²) in [6.45, 7) is 0. The molecule has 0 aliphatic heterocycles. The second kappa shape index (κ2) is 15.1.